The Labute approximate surface area is 201 Å². The van der Waals surface area contributed by atoms with E-state index in [4.69, 9.17) is 9.47 Å². The molecule has 182 valence electrons. The zero-order valence-electron chi connectivity index (χ0n) is 20.2. The molecule has 2 aromatic rings. The normalized spacial score (nSPS) is 17.1. The van der Waals surface area contributed by atoms with Crippen LogP contribution in [0.4, 0.5) is 0 Å². The van der Waals surface area contributed by atoms with Crippen molar-refractivity contribution in [3.63, 3.8) is 0 Å². The number of methoxy groups -OCH3 is 2. The number of hydrogen-bond acceptors (Lipinski definition) is 5. The summed E-state index contributed by atoms with van der Waals surface area (Å²) in [6.45, 7) is 2.39. The van der Waals surface area contributed by atoms with Gasteiger partial charge in [0.1, 0.15) is 0 Å². The summed E-state index contributed by atoms with van der Waals surface area (Å²) in [6.07, 6.45) is 5.08. The van der Waals surface area contributed by atoms with Crippen LogP contribution in [0, 0.1) is 12.8 Å². The standard InChI is InChI=1S/C27H34N2O5/c1-18-16-20(17-23(33-2)25(18)34-3)24(30)27(32)29-22-14-9-13-21(22)26(31)28-15-8-7-12-19-10-5-4-6-11-19/h4-6,10-11,16-17,21-22H,7-9,12-15H2,1-3H3,(H,28,31)(H,29,32). The number of rotatable bonds is 11. The molecule has 3 rings (SSSR count). The summed E-state index contributed by atoms with van der Waals surface area (Å²) >= 11 is 0. The molecule has 0 saturated heterocycles. The molecule has 0 aliphatic heterocycles. The second-order valence-electron chi connectivity index (χ2n) is 8.71. The van der Waals surface area contributed by atoms with Gasteiger partial charge in [-0.05, 0) is 62.3 Å². The minimum Gasteiger partial charge on any atom is -0.493 e. The van der Waals surface area contributed by atoms with Crippen LogP contribution in [-0.2, 0) is 16.0 Å². The highest BCUT2D eigenvalue weighted by atomic mass is 16.5. The smallest absolute Gasteiger partial charge is 0.292 e. The van der Waals surface area contributed by atoms with E-state index < -0.39 is 11.7 Å². The first-order valence-corrected chi connectivity index (χ1v) is 11.8. The molecule has 1 aliphatic rings. The van der Waals surface area contributed by atoms with Gasteiger partial charge in [0.15, 0.2) is 11.5 Å². The Balaban J connectivity index is 1.50. The Morgan fingerprint density at radius 3 is 2.47 bits per heavy atom. The predicted octanol–water partition coefficient (Wildman–Crippen LogP) is 3.62. The zero-order chi connectivity index (χ0) is 24.5. The van der Waals surface area contributed by atoms with Crippen molar-refractivity contribution in [3.8, 4) is 11.5 Å². The number of carbonyl (C=O) groups excluding carboxylic acids is 3. The lowest BCUT2D eigenvalue weighted by molar-refractivity contribution is -0.126. The molecule has 0 aromatic heterocycles. The maximum absolute atomic E-state index is 12.8. The van der Waals surface area contributed by atoms with Crippen LogP contribution in [0.3, 0.4) is 0 Å². The van der Waals surface area contributed by atoms with Crippen molar-refractivity contribution in [2.75, 3.05) is 20.8 Å². The monoisotopic (exact) mass is 466 g/mol. The van der Waals surface area contributed by atoms with Gasteiger partial charge in [-0.2, -0.15) is 0 Å². The number of aryl methyl sites for hydroxylation is 2. The van der Waals surface area contributed by atoms with Crippen LogP contribution in [0.15, 0.2) is 42.5 Å². The summed E-state index contributed by atoms with van der Waals surface area (Å²) < 4.78 is 10.6. The number of Topliss-reactive ketones (excluding diaryl/α,β-unsaturated/α-hetero) is 1. The van der Waals surface area contributed by atoms with Crippen molar-refractivity contribution in [2.24, 2.45) is 5.92 Å². The largest absolute Gasteiger partial charge is 0.493 e. The number of carbonyl (C=O) groups is 3. The lowest BCUT2D eigenvalue weighted by Crippen LogP contribution is -2.46. The van der Waals surface area contributed by atoms with Crippen molar-refractivity contribution in [1.82, 2.24) is 10.6 Å². The van der Waals surface area contributed by atoms with Crippen LogP contribution in [-0.4, -0.2) is 44.4 Å². The van der Waals surface area contributed by atoms with Crippen molar-refractivity contribution in [1.29, 1.82) is 0 Å². The maximum atomic E-state index is 12.8. The molecule has 7 nitrogen and oxygen atoms in total. The Bertz CT molecular complexity index is 1010. The van der Waals surface area contributed by atoms with E-state index in [-0.39, 0.29) is 23.4 Å². The average molecular weight is 467 g/mol. The zero-order valence-corrected chi connectivity index (χ0v) is 20.2. The molecule has 34 heavy (non-hydrogen) atoms. The van der Waals surface area contributed by atoms with Crippen LogP contribution in [0.2, 0.25) is 0 Å². The predicted molar refractivity (Wildman–Crippen MR) is 130 cm³/mol. The molecule has 0 heterocycles. The number of nitrogens with one attached hydrogen (secondary N) is 2. The van der Waals surface area contributed by atoms with E-state index in [2.05, 4.69) is 22.8 Å². The van der Waals surface area contributed by atoms with Crippen molar-refractivity contribution < 1.29 is 23.9 Å². The van der Waals surface area contributed by atoms with Gasteiger partial charge in [-0.1, -0.05) is 36.8 Å². The average Bonchev–Trinajstić information content (AvgIpc) is 3.31. The van der Waals surface area contributed by atoms with E-state index in [1.165, 1.54) is 25.8 Å². The molecule has 2 unspecified atom stereocenters. The molecule has 1 saturated carbocycles. The number of ether oxygens (including phenoxy) is 2. The summed E-state index contributed by atoms with van der Waals surface area (Å²) in [4.78, 5) is 38.2. The Hall–Kier alpha value is -3.35. The van der Waals surface area contributed by atoms with Gasteiger partial charge in [-0.15, -0.1) is 0 Å². The third-order valence-electron chi connectivity index (χ3n) is 6.34. The molecule has 0 bridgehead atoms. The molecule has 2 atom stereocenters. The van der Waals surface area contributed by atoms with Gasteiger partial charge in [0, 0.05) is 18.2 Å². The Morgan fingerprint density at radius 2 is 1.76 bits per heavy atom. The highest BCUT2D eigenvalue weighted by Crippen LogP contribution is 2.32. The number of hydrogen-bond donors (Lipinski definition) is 2. The van der Waals surface area contributed by atoms with Crippen molar-refractivity contribution in [2.45, 2.75) is 51.5 Å². The third kappa shape index (κ3) is 6.37. The summed E-state index contributed by atoms with van der Waals surface area (Å²) in [5.41, 5.74) is 2.22. The number of ketones is 1. The lowest BCUT2D eigenvalue weighted by Gasteiger charge is -2.20. The minimum absolute atomic E-state index is 0.0584. The molecular weight excluding hydrogens is 432 g/mol. The van der Waals surface area contributed by atoms with Crippen molar-refractivity contribution >= 4 is 17.6 Å². The summed E-state index contributed by atoms with van der Waals surface area (Å²) in [7, 11) is 3.00. The van der Waals surface area contributed by atoms with E-state index in [0.29, 0.717) is 36.4 Å². The van der Waals surface area contributed by atoms with E-state index in [1.807, 2.05) is 18.2 Å². The fourth-order valence-electron chi connectivity index (χ4n) is 4.54. The second kappa shape index (κ2) is 12.2. The van der Waals surface area contributed by atoms with Crippen LogP contribution in [0.5, 0.6) is 11.5 Å². The fourth-order valence-corrected chi connectivity index (χ4v) is 4.54. The Morgan fingerprint density at radius 1 is 1.00 bits per heavy atom. The first kappa shape index (κ1) is 25.3. The van der Waals surface area contributed by atoms with Crippen LogP contribution < -0.4 is 20.1 Å². The van der Waals surface area contributed by atoms with E-state index >= 15 is 0 Å². The minimum atomic E-state index is -0.709. The number of amides is 2. The SMILES string of the molecule is COc1cc(C(=O)C(=O)NC2CCCC2C(=O)NCCCCc2ccccc2)cc(C)c1OC. The van der Waals surface area contributed by atoms with Gasteiger partial charge in [-0.3, -0.25) is 14.4 Å². The number of benzene rings is 2. The van der Waals surface area contributed by atoms with E-state index in [1.54, 1.807) is 13.0 Å². The van der Waals surface area contributed by atoms with E-state index in [9.17, 15) is 14.4 Å². The van der Waals surface area contributed by atoms with Gasteiger partial charge in [0.05, 0.1) is 20.1 Å². The Kier molecular flexibility index (Phi) is 9.08. The molecule has 2 amide bonds. The highest BCUT2D eigenvalue weighted by molar-refractivity contribution is 6.43. The first-order chi connectivity index (χ1) is 16.4. The molecule has 0 radical (unpaired) electrons. The van der Waals surface area contributed by atoms with Gasteiger partial charge in [0.25, 0.3) is 5.91 Å². The summed E-state index contributed by atoms with van der Waals surface area (Å²) in [5.74, 6) is -0.829. The molecular formula is C27H34N2O5. The third-order valence-corrected chi connectivity index (χ3v) is 6.34. The molecule has 7 heteroatoms. The maximum Gasteiger partial charge on any atom is 0.292 e. The van der Waals surface area contributed by atoms with E-state index in [0.717, 1.165) is 25.7 Å². The van der Waals surface area contributed by atoms with Crippen LogP contribution in [0.1, 0.15) is 53.6 Å². The molecule has 1 aliphatic carbocycles. The highest BCUT2D eigenvalue weighted by Gasteiger charge is 2.35. The summed E-state index contributed by atoms with van der Waals surface area (Å²) in [5, 5.41) is 5.80. The fraction of sp³-hybridized carbons (Fsp3) is 0.444. The molecule has 2 N–H and O–H groups in total. The van der Waals surface area contributed by atoms with Gasteiger partial charge in [0.2, 0.25) is 11.7 Å². The summed E-state index contributed by atoms with van der Waals surface area (Å²) in [6, 6.07) is 13.0. The van der Waals surface area contributed by atoms with Crippen LogP contribution >= 0.6 is 0 Å². The second-order valence-corrected chi connectivity index (χ2v) is 8.71. The first-order valence-electron chi connectivity index (χ1n) is 11.8. The molecule has 1 fully saturated rings. The number of unbranched alkanes of at least 4 members (excludes halogenated alkanes) is 1. The van der Waals surface area contributed by atoms with Gasteiger partial charge in [-0.25, -0.2) is 0 Å². The molecule has 0 spiro atoms. The molecule has 2 aromatic carbocycles. The van der Waals surface area contributed by atoms with Gasteiger partial charge < -0.3 is 20.1 Å². The quantitative estimate of drug-likeness (QED) is 0.300. The lowest BCUT2D eigenvalue weighted by atomic mass is 10.0. The van der Waals surface area contributed by atoms with Gasteiger partial charge >= 0.3 is 0 Å². The van der Waals surface area contributed by atoms with Crippen molar-refractivity contribution in [3.05, 3.63) is 59.2 Å². The topological polar surface area (TPSA) is 93.7 Å². The van der Waals surface area contributed by atoms with Crippen LogP contribution in [0.25, 0.3) is 0 Å².